The van der Waals surface area contributed by atoms with E-state index in [2.05, 4.69) is 20.5 Å². The molecule has 2 N–H and O–H groups in total. The molecule has 1 amide bonds. The Labute approximate surface area is 163 Å². The highest BCUT2D eigenvalue weighted by molar-refractivity contribution is 14.0. The third-order valence-electron chi connectivity index (χ3n) is 4.73. The van der Waals surface area contributed by atoms with Gasteiger partial charge < -0.3 is 20.3 Å². The molecule has 0 aromatic rings. The highest BCUT2D eigenvalue weighted by Gasteiger charge is 2.19. The molecule has 0 bridgehead atoms. The molecule has 1 aliphatic heterocycles. The summed E-state index contributed by atoms with van der Waals surface area (Å²) < 4.78 is 5.42. The van der Waals surface area contributed by atoms with Crippen LogP contribution in [0.25, 0.3) is 0 Å². The van der Waals surface area contributed by atoms with E-state index in [4.69, 9.17) is 4.74 Å². The van der Waals surface area contributed by atoms with E-state index < -0.39 is 0 Å². The van der Waals surface area contributed by atoms with Gasteiger partial charge in [0, 0.05) is 52.2 Å². The van der Waals surface area contributed by atoms with Crippen LogP contribution in [0.15, 0.2) is 4.99 Å². The largest absolute Gasteiger partial charge is 0.381 e. The molecule has 7 heteroatoms. The van der Waals surface area contributed by atoms with Gasteiger partial charge in [0.05, 0.1) is 6.61 Å². The molecule has 24 heavy (non-hydrogen) atoms. The molecule has 0 aromatic heterocycles. The molecule has 0 aromatic carbocycles. The van der Waals surface area contributed by atoms with E-state index in [1.165, 1.54) is 19.3 Å². The second kappa shape index (κ2) is 11.9. The molecule has 1 saturated heterocycles. The summed E-state index contributed by atoms with van der Waals surface area (Å²) in [6, 6.07) is 0.389. The first-order valence-electron chi connectivity index (χ1n) is 8.98. The minimum absolute atomic E-state index is 0. The smallest absolute Gasteiger partial charge is 0.221 e. The van der Waals surface area contributed by atoms with Crippen LogP contribution in [0, 0.1) is 5.92 Å². The van der Waals surface area contributed by atoms with E-state index >= 15 is 0 Å². The number of carbonyl (C=O) groups is 1. The van der Waals surface area contributed by atoms with Gasteiger partial charge in [-0.1, -0.05) is 19.3 Å². The summed E-state index contributed by atoms with van der Waals surface area (Å²) in [5.74, 6) is 1.57. The van der Waals surface area contributed by atoms with Gasteiger partial charge in [0.1, 0.15) is 0 Å². The summed E-state index contributed by atoms with van der Waals surface area (Å²) in [7, 11) is 3.82. The van der Waals surface area contributed by atoms with Gasteiger partial charge >= 0.3 is 0 Å². The average Bonchev–Trinajstić information content (AvgIpc) is 3.05. The molecule has 0 radical (unpaired) electrons. The zero-order chi connectivity index (χ0) is 16.5. The Bertz CT molecular complexity index is 394. The van der Waals surface area contributed by atoms with Gasteiger partial charge in [0.25, 0.3) is 0 Å². The number of guanidine groups is 1. The Morgan fingerprint density at radius 2 is 2.00 bits per heavy atom. The van der Waals surface area contributed by atoms with Gasteiger partial charge in [-0.25, -0.2) is 0 Å². The van der Waals surface area contributed by atoms with Gasteiger partial charge in [0.2, 0.25) is 5.91 Å². The van der Waals surface area contributed by atoms with Crippen molar-refractivity contribution in [1.82, 2.24) is 15.5 Å². The van der Waals surface area contributed by atoms with Crippen molar-refractivity contribution in [2.24, 2.45) is 10.9 Å². The Morgan fingerprint density at radius 1 is 1.25 bits per heavy atom. The number of rotatable bonds is 6. The van der Waals surface area contributed by atoms with Crippen LogP contribution in [0.3, 0.4) is 0 Å². The SMILES string of the molecule is CN=C(NCCC(=O)NC1CCCCC1)N(C)CC1CCOC1.I. The van der Waals surface area contributed by atoms with Gasteiger partial charge in [-0.05, 0) is 19.3 Å². The van der Waals surface area contributed by atoms with Crippen LogP contribution in [-0.4, -0.2) is 63.2 Å². The van der Waals surface area contributed by atoms with Crippen molar-refractivity contribution in [3.63, 3.8) is 0 Å². The van der Waals surface area contributed by atoms with Crippen molar-refractivity contribution in [1.29, 1.82) is 0 Å². The van der Waals surface area contributed by atoms with Crippen LogP contribution in [0.4, 0.5) is 0 Å². The maximum atomic E-state index is 12.0. The number of ether oxygens (including phenoxy) is 1. The Kier molecular flexibility index (Phi) is 10.6. The maximum absolute atomic E-state index is 12.0. The van der Waals surface area contributed by atoms with Crippen molar-refractivity contribution in [2.75, 3.05) is 40.4 Å². The summed E-state index contributed by atoms with van der Waals surface area (Å²) in [6.45, 7) is 3.27. The second-order valence-corrected chi connectivity index (χ2v) is 6.74. The van der Waals surface area contributed by atoms with E-state index in [9.17, 15) is 4.79 Å². The quantitative estimate of drug-likeness (QED) is 0.368. The predicted octanol–water partition coefficient (Wildman–Crippen LogP) is 1.99. The Hall–Kier alpha value is -0.570. The molecular formula is C17H33IN4O2. The van der Waals surface area contributed by atoms with Gasteiger partial charge in [0.15, 0.2) is 5.96 Å². The summed E-state index contributed by atoms with van der Waals surface area (Å²) in [4.78, 5) is 18.4. The molecule has 1 unspecified atom stereocenters. The monoisotopic (exact) mass is 452 g/mol. The fraction of sp³-hybridized carbons (Fsp3) is 0.882. The lowest BCUT2D eigenvalue weighted by Gasteiger charge is -2.25. The number of halogens is 1. The van der Waals surface area contributed by atoms with Crippen LogP contribution in [0.1, 0.15) is 44.9 Å². The normalized spacial score (nSPS) is 21.9. The molecule has 1 atom stereocenters. The molecule has 6 nitrogen and oxygen atoms in total. The first-order valence-corrected chi connectivity index (χ1v) is 8.98. The molecule has 2 fully saturated rings. The Balaban J connectivity index is 0.00000288. The molecule has 2 aliphatic rings. The number of nitrogens with one attached hydrogen (secondary N) is 2. The Morgan fingerprint density at radius 3 is 2.62 bits per heavy atom. The third kappa shape index (κ3) is 7.55. The summed E-state index contributed by atoms with van der Waals surface area (Å²) in [5.41, 5.74) is 0. The topological polar surface area (TPSA) is 66.0 Å². The van der Waals surface area contributed by atoms with Crippen LogP contribution in [0.5, 0.6) is 0 Å². The number of carbonyl (C=O) groups excluding carboxylic acids is 1. The number of amides is 1. The number of hydrogen-bond donors (Lipinski definition) is 2. The molecular weight excluding hydrogens is 419 g/mol. The van der Waals surface area contributed by atoms with E-state index in [1.54, 1.807) is 7.05 Å². The summed E-state index contributed by atoms with van der Waals surface area (Å²) in [6.07, 6.45) is 7.67. The zero-order valence-electron chi connectivity index (χ0n) is 15.1. The molecule has 1 aliphatic carbocycles. The summed E-state index contributed by atoms with van der Waals surface area (Å²) in [5, 5.41) is 6.44. The van der Waals surface area contributed by atoms with Crippen LogP contribution >= 0.6 is 24.0 Å². The highest BCUT2D eigenvalue weighted by Crippen LogP contribution is 2.17. The molecule has 1 heterocycles. The van der Waals surface area contributed by atoms with E-state index in [-0.39, 0.29) is 29.9 Å². The average molecular weight is 452 g/mol. The van der Waals surface area contributed by atoms with Gasteiger partial charge in [-0.3, -0.25) is 9.79 Å². The lowest BCUT2D eigenvalue weighted by Crippen LogP contribution is -2.43. The van der Waals surface area contributed by atoms with Gasteiger partial charge in [-0.15, -0.1) is 24.0 Å². The second-order valence-electron chi connectivity index (χ2n) is 6.74. The number of hydrogen-bond acceptors (Lipinski definition) is 3. The summed E-state index contributed by atoms with van der Waals surface area (Å²) >= 11 is 0. The number of aliphatic imine (C=N–C) groups is 1. The molecule has 0 spiro atoms. The highest BCUT2D eigenvalue weighted by atomic mass is 127. The maximum Gasteiger partial charge on any atom is 0.221 e. The minimum atomic E-state index is 0. The third-order valence-corrected chi connectivity index (χ3v) is 4.73. The van der Waals surface area contributed by atoms with Crippen LogP contribution in [-0.2, 0) is 9.53 Å². The fourth-order valence-electron chi connectivity index (χ4n) is 3.42. The zero-order valence-corrected chi connectivity index (χ0v) is 17.4. The van der Waals surface area contributed by atoms with Crippen molar-refractivity contribution >= 4 is 35.8 Å². The van der Waals surface area contributed by atoms with E-state index in [0.29, 0.717) is 24.9 Å². The fourth-order valence-corrected chi connectivity index (χ4v) is 3.42. The molecule has 1 saturated carbocycles. The lowest BCUT2D eigenvalue weighted by atomic mass is 9.95. The van der Waals surface area contributed by atoms with Crippen LogP contribution < -0.4 is 10.6 Å². The lowest BCUT2D eigenvalue weighted by molar-refractivity contribution is -0.121. The standard InChI is InChI=1S/C17H32N4O2.HI/c1-18-17(21(2)12-14-9-11-23-13-14)19-10-8-16(22)20-15-6-4-3-5-7-15;/h14-15H,3-13H2,1-2H3,(H,18,19)(H,20,22);1H. The van der Waals surface area contributed by atoms with Crippen molar-refractivity contribution in [3.05, 3.63) is 0 Å². The van der Waals surface area contributed by atoms with Crippen molar-refractivity contribution in [2.45, 2.75) is 51.0 Å². The molecule has 140 valence electrons. The predicted molar refractivity (Wildman–Crippen MR) is 108 cm³/mol. The van der Waals surface area contributed by atoms with Gasteiger partial charge in [-0.2, -0.15) is 0 Å². The first kappa shape index (κ1) is 21.5. The van der Waals surface area contributed by atoms with E-state index in [1.807, 2.05) is 7.05 Å². The van der Waals surface area contributed by atoms with Crippen LogP contribution in [0.2, 0.25) is 0 Å². The van der Waals surface area contributed by atoms with Crippen molar-refractivity contribution < 1.29 is 9.53 Å². The van der Waals surface area contributed by atoms with Crippen molar-refractivity contribution in [3.8, 4) is 0 Å². The minimum Gasteiger partial charge on any atom is -0.381 e. The first-order chi connectivity index (χ1) is 11.2. The number of nitrogens with zero attached hydrogens (tertiary/aromatic N) is 2. The van der Waals surface area contributed by atoms with E-state index in [0.717, 1.165) is 45.0 Å². The molecule has 2 rings (SSSR count).